The largest absolute Gasteiger partial charge is 0.444 e. The Kier molecular flexibility index (Phi) is 5.98. The molecule has 0 bridgehead atoms. The molecular weight excluding hydrogens is 410 g/mol. The summed E-state index contributed by atoms with van der Waals surface area (Å²) < 4.78 is 5.67. The van der Waals surface area contributed by atoms with Gasteiger partial charge >= 0.3 is 6.09 Å². The minimum atomic E-state index is -0.574. The lowest BCUT2D eigenvalue weighted by Crippen LogP contribution is -2.36. The lowest BCUT2D eigenvalue weighted by Gasteiger charge is -2.29. The van der Waals surface area contributed by atoms with E-state index in [2.05, 4.69) is 18.2 Å². The quantitative estimate of drug-likeness (QED) is 0.619. The second-order valence-electron chi connectivity index (χ2n) is 9.54. The van der Waals surface area contributed by atoms with E-state index in [1.807, 2.05) is 45.0 Å². The molecule has 0 aromatic heterocycles. The number of carbonyl (C=O) groups is 1. The number of halogens is 1. The van der Waals surface area contributed by atoms with Gasteiger partial charge in [0.2, 0.25) is 0 Å². The Bertz CT molecular complexity index is 1010. The van der Waals surface area contributed by atoms with Crippen molar-refractivity contribution in [3.05, 3.63) is 64.2 Å². The van der Waals surface area contributed by atoms with Gasteiger partial charge in [-0.15, -0.1) is 0 Å². The van der Waals surface area contributed by atoms with Crippen LogP contribution in [0.15, 0.2) is 47.5 Å². The number of benzene rings is 2. The number of amides is 1. The topological polar surface area (TPSA) is 67.9 Å². The lowest BCUT2D eigenvalue weighted by atomic mass is 9.84. The van der Waals surface area contributed by atoms with Gasteiger partial charge in [0.25, 0.3) is 0 Å². The molecule has 2 unspecified atom stereocenters. The Morgan fingerprint density at radius 1 is 1.13 bits per heavy atom. The number of fused-ring (bicyclic) bond motifs is 3. The summed E-state index contributed by atoms with van der Waals surface area (Å²) in [6.45, 7) is 6.44. The maximum absolute atomic E-state index is 13.0. The van der Waals surface area contributed by atoms with Crippen LogP contribution >= 0.6 is 11.6 Å². The standard InChI is InChI=1S/C25H30ClN3O2/c1-25(2,3)31-24(30)29(14-16-6-4-7-18(26)12-16)15-17-10-11-20-19-8-5-9-21(19)23(27)28-22(20)13-17/h4,6-7,10-13,19,21H,5,8-9,14-15H2,1-3H3,(H2,27,28). The first-order valence-electron chi connectivity index (χ1n) is 10.9. The first-order valence-corrected chi connectivity index (χ1v) is 11.3. The van der Waals surface area contributed by atoms with Gasteiger partial charge in [-0.3, -0.25) is 4.90 Å². The molecule has 1 fully saturated rings. The van der Waals surface area contributed by atoms with Gasteiger partial charge in [-0.05, 0) is 74.4 Å². The number of hydrogen-bond acceptors (Lipinski definition) is 4. The predicted octanol–water partition coefficient (Wildman–Crippen LogP) is 6.16. The molecule has 1 aliphatic carbocycles. The Morgan fingerprint density at radius 2 is 1.84 bits per heavy atom. The molecule has 0 spiro atoms. The second kappa shape index (κ2) is 8.54. The normalized spacial score (nSPS) is 19.9. The summed E-state index contributed by atoms with van der Waals surface area (Å²) in [7, 11) is 0. The highest BCUT2D eigenvalue weighted by Crippen LogP contribution is 2.46. The van der Waals surface area contributed by atoms with Crippen LogP contribution < -0.4 is 5.73 Å². The summed E-state index contributed by atoms with van der Waals surface area (Å²) in [5.74, 6) is 1.59. The summed E-state index contributed by atoms with van der Waals surface area (Å²) in [5, 5.41) is 0.645. The number of nitrogens with two attached hydrogens (primary N) is 1. The summed E-state index contributed by atoms with van der Waals surface area (Å²) in [4.78, 5) is 19.4. The molecule has 164 valence electrons. The molecule has 4 rings (SSSR count). The van der Waals surface area contributed by atoms with Crippen molar-refractivity contribution in [1.82, 2.24) is 4.90 Å². The molecule has 6 heteroatoms. The monoisotopic (exact) mass is 439 g/mol. The molecule has 2 N–H and O–H groups in total. The van der Waals surface area contributed by atoms with Gasteiger partial charge in [-0.1, -0.05) is 42.3 Å². The maximum Gasteiger partial charge on any atom is 0.410 e. The van der Waals surface area contributed by atoms with Crippen LogP contribution in [0, 0.1) is 5.92 Å². The predicted molar refractivity (Wildman–Crippen MR) is 125 cm³/mol. The molecule has 2 aromatic rings. The van der Waals surface area contributed by atoms with Crippen molar-refractivity contribution in [2.24, 2.45) is 16.6 Å². The molecule has 5 nitrogen and oxygen atoms in total. The number of amidine groups is 1. The number of carbonyl (C=O) groups excluding carboxylic acids is 1. The Hall–Kier alpha value is -2.53. The van der Waals surface area contributed by atoms with Gasteiger partial charge < -0.3 is 10.5 Å². The Morgan fingerprint density at radius 3 is 2.55 bits per heavy atom. The van der Waals surface area contributed by atoms with Crippen molar-refractivity contribution in [3.63, 3.8) is 0 Å². The Balaban J connectivity index is 1.59. The number of hydrogen-bond donors (Lipinski definition) is 1. The van der Waals surface area contributed by atoms with Gasteiger partial charge in [-0.25, -0.2) is 9.79 Å². The number of ether oxygens (including phenoxy) is 1. The van der Waals surface area contributed by atoms with E-state index < -0.39 is 5.60 Å². The molecule has 2 aliphatic rings. The van der Waals surface area contributed by atoms with E-state index in [1.54, 1.807) is 4.90 Å². The molecule has 1 saturated carbocycles. The summed E-state index contributed by atoms with van der Waals surface area (Å²) in [6, 6.07) is 13.9. The zero-order valence-electron chi connectivity index (χ0n) is 18.4. The van der Waals surface area contributed by atoms with Crippen molar-refractivity contribution in [3.8, 4) is 0 Å². The molecule has 1 amide bonds. The van der Waals surface area contributed by atoms with Crippen molar-refractivity contribution in [2.45, 2.75) is 64.6 Å². The van der Waals surface area contributed by atoms with Crippen LogP contribution in [0.1, 0.15) is 62.6 Å². The lowest BCUT2D eigenvalue weighted by molar-refractivity contribution is 0.0216. The molecule has 2 aromatic carbocycles. The van der Waals surface area contributed by atoms with Crippen LogP contribution in [0.25, 0.3) is 0 Å². The van der Waals surface area contributed by atoms with Crippen LogP contribution in [0.2, 0.25) is 5.02 Å². The highest BCUT2D eigenvalue weighted by Gasteiger charge is 2.35. The smallest absolute Gasteiger partial charge is 0.410 e. The molecule has 2 atom stereocenters. The van der Waals surface area contributed by atoms with Gasteiger partial charge in [0.15, 0.2) is 0 Å². The van der Waals surface area contributed by atoms with Crippen LogP contribution in [-0.4, -0.2) is 22.4 Å². The summed E-state index contributed by atoms with van der Waals surface area (Å²) in [5.41, 5.74) is 9.86. The first kappa shape index (κ1) is 21.7. The van der Waals surface area contributed by atoms with Crippen molar-refractivity contribution in [2.75, 3.05) is 0 Å². The minimum Gasteiger partial charge on any atom is -0.444 e. The molecule has 0 saturated heterocycles. The molecular formula is C25H30ClN3O2. The molecule has 1 aliphatic heterocycles. The Labute approximate surface area is 189 Å². The molecule has 0 radical (unpaired) electrons. The fraction of sp³-hybridized carbons (Fsp3) is 0.440. The zero-order chi connectivity index (χ0) is 22.2. The highest BCUT2D eigenvalue weighted by molar-refractivity contribution is 6.30. The summed E-state index contributed by atoms with van der Waals surface area (Å²) in [6.07, 6.45) is 3.11. The average molecular weight is 440 g/mol. The average Bonchev–Trinajstić information content (AvgIpc) is 3.17. The van der Waals surface area contributed by atoms with Crippen LogP contribution in [-0.2, 0) is 17.8 Å². The first-order chi connectivity index (χ1) is 14.7. The van der Waals surface area contributed by atoms with E-state index in [9.17, 15) is 4.79 Å². The SMILES string of the molecule is CC(C)(C)OC(=O)N(Cc1cccc(Cl)c1)Cc1ccc2c(c1)N=C(N)C1CCCC21. The number of nitrogens with zero attached hydrogens (tertiary/aromatic N) is 2. The third kappa shape index (κ3) is 5.04. The van der Waals surface area contributed by atoms with E-state index in [0.717, 1.165) is 35.5 Å². The van der Waals surface area contributed by atoms with Crippen LogP contribution in [0.3, 0.4) is 0 Å². The third-order valence-corrected chi connectivity index (χ3v) is 6.16. The molecule has 1 heterocycles. The van der Waals surface area contributed by atoms with E-state index >= 15 is 0 Å². The van der Waals surface area contributed by atoms with Crippen molar-refractivity contribution >= 4 is 29.2 Å². The van der Waals surface area contributed by atoms with E-state index in [1.165, 1.54) is 12.0 Å². The molecule has 31 heavy (non-hydrogen) atoms. The maximum atomic E-state index is 13.0. The van der Waals surface area contributed by atoms with E-state index in [4.69, 9.17) is 27.1 Å². The number of aliphatic imine (C=N–C) groups is 1. The van der Waals surface area contributed by atoms with Gasteiger partial charge in [0.05, 0.1) is 5.69 Å². The third-order valence-electron chi connectivity index (χ3n) is 5.93. The second-order valence-corrected chi connectivity index (χ2v) is 9.98. The highest BCUT2D eigenvalue weighted by atomic mass is 35.5. The van der Waals surface area contributed by atoms with Gasteiger partial charge in [0.1, 0.15) is 11.4 Å². The van der Waals surface area contributed by atoms with Gasteiger partial charge in [-0.2, -0.15) is 0 Å². The fourth-order valence-electron chi connectivity index (χ4n) is 4.59. The summed E-state index contributed by atoms with van der Waals surface area (Å²) >= 11 is 6.15. The van der Waals surface area contributed by atoms with Crippen LogP contribution in [0.5, 0.6) is 0 Å². The fourth-order valence-corrected chi connectivity index (χ4v) is 4.81. The van der Waals surface area contributed by atoms with E-state index in [0.29, 0.717) is 29.9 Å². The van der Waals surface area contributed by atoms with Crippen molar-refractivity contribution < 1.29 is 9.53 Å². The van der Waals surface area contributed by atoms with Gasteiger partial charge in [0, 0.05) is 24.0 Å². The van der Waals surface area contributed by atoms with Crippen LogP contribution in [0.4, 0.5) is 10.5 Å². The number of rotatable bonds is 4. The minimum absolute atomic E-state index is 0.357. The van der Waals surface area contributed by atoms with Crippen molar-refractivity contribution in [1.29, 1.82) is 0 Å². The zero-order valence-corrected chi connectivity index (χ0v) is 19.2. The van der Waals surface area contributed by atoms with E-state index in [-0.39, 0.29) is 6.09 Å².